The lowest BCUT2D eigenvalue weighted by Crippen LogP contribution is -2.44. The highest BCUT2D eigenvalue weighted by Gasteiger charge is 2.47. The quantitative estimate of drug-likeness (QED) is 0.742. The van der Waals surface area contributed by atoms with Gasteiger partial charge in [0, 0.05) is 5.41 Å². The van der Waals surface area contributed by atoms with Crippen LogP contribution in [0.2, 0.25) is 0 Å². The highest BCUT2D eigenvalue weighted by molar-refractivity contribution is 5.89. The average molecular weight is 274 g/mol. The van der Waals surface area contributed by atoms with E-state index in [4.69, 9.17) is 4.74 Å². The zero-order valence-electron chi connectivity index (χ0n) is 13.2. The summed E-state index contributed by atoms with van der Waals surface area (Å²) in [6.45, 7) is 8.63. The second-order valence-electron chi connectivity index (χ2n) is 6.89. The SMILES string of the molecule is CCc1ccc(C(=O)OC2(C(C)(C)C)CCCC2)cc1. The first-order valence-electron chi connectivity index (χ1n) is 7.70. The van der Waals surface area contributed by atoms with Crippen LogP contribution in [0.25, 0.3) is 0 Å². The highest BCUT2D eigenvalue weighted by atomic mass is 16.6. The topological polar surface area (TPSA) is 26.3 Å². The summed E-state index contributed by atoms with van der Waals surface area (Å²) in [7, 11) is 0. The second kappa shape index (κ2) is 5.59. The minimum Gasteiger partial charge on any atom is -0.455 e. The second-order valence-corrected chi connectivity index (χ2v) is 6.89. The molecule has 2 nitrogen and oxygen atoms in total. The number of carbonyl (C=O) groups is 1. The van der Waals surface area contributed by atoms with Gasteiger partial charge in [-0.15, -0.1) is 0 Å². The minimum absolute atomic E-state index is 0.0114. The lowest BCUT2D eigenvalue weighted by Gasteiger charge is -2.41. The third-order valence-electron chi connectivity index (χ3n) is 4.66. The Hall–Kier alpha value is -1.31. The summed E-state index contributed by atoms with van der Waals surface area (Å²) in [6, 6.07) is 7.78. The third kappa shape index (κ3) is 2.89. The van der Waals surface area contributed by atoms with E-state index >= 15 is 0 Å². The molecule has 0 radical (unpaired) electrons. The molecule has 1 aromatic rings. The average Bonchev–Trinajstić information content (AvgIpc) is 2.88. The monoisotopic (exact) mass is 274 g/mol. The van der Waals surface area contributed by atoms with Gasteiger partial charge >= 0.3 is 5.97 Å². The molecule has 0 saturated heterocycles. The van der Waals surface area contributed by atoms with Crippen LogP contribution >= 0.6 is 0 Å². The summed E-state index contributed by atoms with van der Waals surface area (Å²) in [4.78, 5) is 12.4. The maximum Gasteiger partial charge on any atom is 0.338 e. The van der Waals surface area contributed by atoms with E-state index < -0.39 is 0 Å². The van der Waals surface area contributed by atoms with Crippen molar-refractivity contribution in [3.63, 3.8) is 0 Å². The molecule has 0 spiro atoms. The van der Waals surface area contributed by atoms with Gasteiger partial charge in [-0.3, -0.25) is 0 Å². The molecule has 0 atom stereocenters. The molecule has 1 saturated carbocycles. The van der Waals surface area contributed by atoms with Gasteiger partial charge in [-0.05, 0) is 49.8 Å². The molecule has 0 amide bonds. The van der Waals surface area contributed by atoms with Crippen molar-refractivity contribution in [3.8, 4) is 0 Å². The Kier molecular flexibility index (Phi) is 4.22. The van der Waals surface area contributed by atoms with Crippen LogP contribution in [0.4, 0.5) is 0 Å². The molecule has 0 aromatic heterocycles. The predicted molar refractivity (Wildman–Crippen MR) is 81.9 cm³/mol. The fourth-order valence-corrected chi connectivity index (χ4v) is 3.06. The molecule has 0 heterocycles. The van der Waals surface area contributed by atoms with Crippen LogP contribution in [0, 0.1) is 5.41 Å². The fraction of sp³-hybridized carbons (Fsp3) is 0.611. The van der Waals surface area contributed by atoms with Gasteiger partial charge in [0.25, 0.3) is 0 Å². The van der Waals surface area contributed by atoms with Gasteiger partial charge in [-0.25, -0.2) is 4.79 Å². The molecule has 0 unspecified atom stereocenters. The number of aryl methyl sites for hydroxylation is 1. The zero-order chi connectivity index (χ0) is 14.8. The van der Waals surface area contributed by atoms with Crippen molar-refractivity contribution in [2.75, 3.05) is 0 Å². The summed E-state index contributed by atoms with van der Waals surface area (Å²) >= 11 is 0. The van der Waals surface area contributed by atoms with E-state index in [0.717, 1.165) is 32.1 Å². The molecular weight excluding hydrogens is 248 g/mol. The molecular formula is C18H26O2. The van der Waals surface area contributed by atoms with E-state index in [9.17, 15) is 4.79 Å². The lowest BCUT2D eigenvalue weighted by molar-refractivity contribution is -0.0748. The molecule has 2 heteroatoms. The molecule has 1 aliphatic carbocycles. The van der Waals surface area contributed by atoms with Crippen molar-refractivity contribution in [2.24, 2.45) is 5.41 Å². The van der Waals surface area contributed by atoms with Crippen molar-refractivity contribution in [1.82, 2.24) is 0 Å². The van der Waals surface area contributed by atoms with E-state index in [2.05, 4.69) is 27.7 Å². The molecule has 0 aliphatic heterocycles. The summed E-state index contributed by atoms with van der Waals surface area (Å²) in [5.74, 6) is -0.176. The van der Waals surface area contributed by atoms with E-state index in [1.807, 2.05) is 24.3 Å². The van der Waals surface area contributed by atoms with Crippen LogP contribution < -0.4 is 0 Å². The van der Waals surface area contributed by atoms with Gasteiger partial charge in [0.1, 0.15) is 5.60 Å². The van der Waals surface area contributed by atoms with Crippen molar-refractivity contribution in [1.29, 1.82) is 0 Å². The largest absolute Gasteiger partial charge is 0.455 e. The van der Waals surface area contributed by atoms with E-state index in [1.165, 1.54) is 5.56 Å². The first-order chi connectivity index (χ1) is 9.38. The Morgan fingerprint density at radius 1 is 1.15 bits per heavy atom. The van der Waals surface area contributed by atoms with Crippen LogP contribution in [0.1, 0.15) is 69.3 Å². The minimum atomic E-state index is -0.298. The van der Waals surface area contributed by atoms with E-state index in [1.54, 1.807) is 0 Å². The van der Waals surface area contributed by atoms with Gasteiger partial charge in [-0.2, -0.15) is 0 Å². The number of benzene rings is 1. The lowest BCUT2D eigenvalue weighted by atomic mass is 9.75. The number of ether oxygens (including phenoxy) is 1. The fourth-order valence-electron chi connectivity index (χ4n) is 3.06. The van der Waals surface area contributed by atoms with Gasteiger partial charge in [0.05, 0.1) is 5.56 Å². The van der Waals surface area contributed by atoms with Gasteiger partial charge in [-0.1, -0.05) is 39.8 Å². The Morgan fingerprint density at radius 3 is 2.15 bits per heavy atom. The highest BCUT2D eigenvalue weighted by Crippen LogP contribution is 2.46. The molecule has 1 aromatic carbocycles. The summed E-state index contributed by atoms with van der Waals surface area (Å²) in [5.41, 5.74) is 1.60. The Bertz CT molecular complexity index is 459. The third-order valence-corrected chi connectivity index (χ3v) is 4.66. The molecule has 1 aliphatic rings. The van der Waals surface area contributed by atoms with Crippen LogP contribution in [0.3, 0.4) is 0 Å². The standard InChI is InChI=1S/C18H26O2/c1-5-14-8-10-15(11-9-14)16(19)20-18(17(2,3)4)12-6-7-13-18/h8-11H,5-7,12-13H2,1-4H3. The Balaban J connectivity index is 2.16. The smallest absolute Gasteiger partial charge is 0.338 e. The van der Waals surface area contributed by atoms with Crippen LogP contribution in [0.15, 0.2) is 24.3 Å². The molecule has 1 fully saturated rings. The Morgan fingerprint density at radius 2 is 1.70 bits per heavy atom. The van der Waals surface area contributed by atoms with Crippen molar-refractivity contribution in [2.45, 2.75) is 65.4 Å². The molecule has 0 bridgehead atoms. The first kappa shape index (κ1) is 15.1. The van der Waals surface area contributed by atoms with Crippen molar-refractivity contribution >= 4 is 5.97 Å². The molecule has 2 rings (SSSR count). The first-order valence-corrected chi connectivity index (χ1v) is 7.70. The summed E-state index contributed by atoms with van der Waals surface area (Å²) in [6.07, 6.45) is 5.25. The van der Waals surface area contributed by atoms with Crippen LogP contribution in [-0.2, 0) is 11.2 Å². The number of esters is 1. The van der Waals surface area contributed by atoms with Crippen LogP contribution in [0.5, 0.6) is 0 Å². The molecule has 20 heavy (non-hydrogen) atoms. The van der Waals surface area contributed by atoms with Crippen LogP contribution in [-0.4, -0.2) is 11.6 Å². The summed E-state index contributed by atoms with van der Waals surface area (Å²) < 4.78 is 5.98. The number of hydrogen-bond acceptors (Lipinski definition) is 2. The van der Waals surface area contributed by atoms with Crippen molar-refractivity contribution < 1.29 is 9.53 Å². The zero-order valence-corrected chi connectivity index (χ0v) is 13.2. The maximum atomic E-state index is 12.4. The normalized spacial score (nSPS) is 18.0. The Labute approximate surface area is 122 Å². The number of hydrogen-bond donors (Lipinski definition) is 0. The maximum absolute atomic E-state index is 12.4. The van der Waals surface area contributed by atoms with Gasteiger partial charge in [0.15, 0.2) is 0 Å². The molecule has 110 valence electrons. The summed E-state index contributed by atoms with van der Waals surface area (Å²) in [5, 5.41) is 0. The molecule has 0 N–H and O–H groups in total. The number of carbonyl (C=O) groups excluding carboxylic acids is 1. The van der Waals surface area contributed by atoms with Crippen molar-refractivity contribution in [3.05, 3.63) is 35.4 Å². The van der Waals surface area contributed by atoms with Gasteiger partial charge in [0.2, 0.25) is 0 Å². The number of rotatable bonds is 3. The van der Waals surface area contributed by atoms with E-state index in [0.29, 0.717) is 5.56 Å². The van der Waals surface area contributed by atoms with Gasteiger partial charge < -0.3 is 4.74 Å². The van der Waals surface area contributed by atoms with E-state index in [-0.39, 0.29) is 17.0 Å². The predicted octanol–water partition coefficient (Wildman–Crippen LogP) is 4.76.